The highest BCUT2D eigenvalue weighted by Crippen LogP contribution is 2.33. The van der Waals surface area contributed by atoms with Crippen LogP contribution in [0.25, 0.3) is 0 Å². The molecule has 0 aliphatic heterocycles. The molecular weight excluding hydrogens is 301 g/mol. The van der Waals surface area contributed by atoms with Crippen molar-refractivity contribution in [1.82, 2.24) is 0 Å². The van der Waals surface area contributed by atoms with Gasteiger partial charge in [0.2, 0.25) is 5.75 Å². The predicted molar refractivity (Wildman–Crippen MR) is 65.0 cm³/mol. The van der Waals surface area contributed by atoms with Gasteiger partial charge in [-0.1, -0.05) is 5.92 Å². The molecule has 9 heteroatoms. The summed E-state index contributed by atoms with van der Waals surface area (Å²) in [5.41, 5.74) is -0.710. The van der Waals surface area contributed by atoms with E-state index in [9.17, 15) is 22.9 Å². The van der Waals surface area contributed by atoms with Crippen molar-refractivity contribution < 1.29 is 22.5 Å². The first-order valence-electron chi connectivity index (χ1n) is 4.72. The molecule has 6 nitrogen and oxygen atoms in total. The molecule has 1 aromatic carbocycles. The average molecular weight is 308 g/mol. The molecule has 102 valence electrons. The quantitative estimate of drug-likeness (QED) is 0.368. The van der Waals surface area contributed by atoms with Gasteiger partial charge in [-0.15, -0.1) is 5.92 Å². The van der Waals surface area contributed by atoms with Gasteiger partial charge in [-0.2, -0.15) is 0 Å². The Morgan fingerprint density at radius 3 is 2.63 bits per heavy atom. The highest BCUT2D eigenvalue weighted by Gasteiger charge is 2.25. The van der Waals surface area contributed by atoms with Crippen LogP contribution in [-0.2, 0) is 9.05 Å². The lowest BCUT2D eigenvalue weighted by atomic mass is 10.3. The lowest BCUT2D eigenvalue weighted by Crippen LogP contribution is -2.03. The molecule has 0 radical (unpaired) electrons. The summed E-state index contributed by atoms with van der Waals surface area (Å²) in [5, 5.41) is 10.8. The van der Waals surface area contributed by atoms with Gasteiger partial charge >= 0.3 is 5.69 Å². The molecule has 19 heavy (non-hydrogen) atoms. The van der Waals surface area contributed by atoms with Crippen molar-refractivity contribution in [3.8, 4) is 17.6 Å². The smallest absolute Gasteiger partial charge is 0.312 e. The predicted octanol–water partition coefficient (Wildman–Crippen LogP) is 2.06. The van der Waals surface area contributed by atoms with Crippen molar-refractivity contribution in [2.24, 2.45) is 0 Å². The molecule has 0 aliphatic carbocycles. The van der Waals surface area contributed by atoms with E-state index in [1.54, 1.807) is 0 Å². The Kier molecular flexibility index (Phi) is 4.69. The highest BCUT2D eigenvalue weighted by atomic mass is 35.7. The van der Waals surface area contributed by atoms with Crippen LogP contribution in [0.3, 0.4) is 0 Å². The summed E-state index contributed by atoms with van der Waals surface area (Å²) >= 11 is 0. The minimum Gasteiger partial charge on any atom is -0.474 e. The first-order valence-corrected chi connectivity index (χ1v) is 7.03. The summed E-state index contributed by atoms with van der Waals surface area (Å²) in [6.07, 6.45) is 0. The van der Waals surface area contributed by atoms with Crippen LogP contribution in [0.4, 0.5) is 10.1 Å². The topological polar surface area (TPSA) is 86.5 Å². The van der Waals surface area contributed by atoms with Gasteiger partial charge < -0.3 is 4.74 Å². The Hall–Kier alpha value is -1.85. The largest absolute Gasteiger partial charge is 0.474 e. The molecule has 0 atom stereocenters. The number of nitrogens with zero attached hydrogens (tertiary/aromatic N) is 1. The van der Waals surface area contributed by atoms with Gasteiger partial charge in [-0.25, -0.2) is 12.8 Å². The molecular formula is C10H7ClFNO5S. The second-order valence-corrected chi connectivity index (χ2v) is 5.70. The molecule has 0 N–H and O–H groups in total. The van der Waals surface area contributed by atoms with E-state index in [0.29, 0.717) is 12.1 Å². The molecule has 0 aliphatic rings. The number of nitro benzene ring substituents is 1. The third-order valence-electron chi connectivity index (χ3n) is 1.95. The van der Waals surface area contributed by atoms with Crippen LogP contribution < -0.4 is 4.74 Å². The Bertz CT molecular complexity index is 677. The van der Waals surface area contributed by atoms with Gasteiger partial charge in [0, 0.05) is 22.8 Å². The maximum Gasteiger partial charge on any atom is 0.312 e. The average Bonchev–Trinajstić information content (AvgIpc) is 2.27. The molecule has 1 aromatic rings. The number of hydrogen-bond donors (Lipinski definition) is 0. The normalized spacial score (nSPS) is 10.5. The van der Waals surface area contributed by atoms with Gasteiger partial charge in [0.25, 0.3) is 9.05 Å². The van der Waals surface area contributed by atoms with E-state index in [4.69, 9.17) is 15.4 Å². The SMILES string of the molecule is CC#CCOc1cc(F)c(S(=O)(=O)Cl)cc1[N+](=O)[O-]. The number of nitro groups is 1. The fourth-order valence-corrected chi connectivity index (χ4v) is 2.05. The van der Waals surface area contributed by atoms with E-state index in [1.165, 1.54) is 6.92 Å². The van der Waals surface area contributed by atoms with Gasteiger partial charge in [-0.3, -0.25) is 10.1 Å². The summed E-state index contributed by atoms with van der Waals surface area (Å²) < 4.78 is 40.5. The van der Waals surface area contributed by atoms with Gasteiger partial charge in [-0.05, 0) is 6.92 Å². The third kappa shape index (κ3) is 3.81. The third-order valence-corrected chi connectivity index (χ3v) is 3.29. The van der Waals surface area contributed by atoms with E-state index >= 15 is 0 Å². The van der Waals surface area contributed by atoms with Crippen molar-refractivity contribution in [1.29, 1.82) is 0 Å². The lowest BCUT2D eigenvalue weighted by Gasteiger charge is -2.05. The van der Waals surface area contributed by atoms with E-state index < -0.39 is 36.1 Å². The van der Waals surface area contributed by atoms with Crippen molar-refractivity contribution in [2.75, 3.05) is 6.61 Å². The highest BCUT2D eigenvalue weighted by molar-refractivity contribution is 8.13. The molecule has 0 saturated heterocycles. The van der Waals surface area contributed by atoms with Gasteiger partial charge in [0.1, 0.15) is 17.3 Å². The van der Waals surface area contributed by atoms with Crippen LogP contribution in [0, 0.1) is 27.8 Å². The molecule has 1 rings (SSSR count). The minimum atomic E-state index is -4.42. The number of benzene rings is 1. The number of ether oxygens (including phenoxy) is 1. The minimum absolute atomic E-state index is 0.191. The van der Waals surface area contributed by atoms with Gasteiger partial charge in [0.15, 0.2) is 0 Å². The van der Waals surface area contributed by atoms with Crippen LogP contribution in [0.5, 0.6) is 5.75 Å². The zero-order valence-corrected chi connectivity index (χ0v) is 11.1. The lowest BCUT2D eigenvalue weighted by molar-refractivity contribution is -0.386. The monoisotopic (exact) mass is 307 g/mol. The van der Waals surface area contributed by atoms with E-state index in [2.05, 4.69) is 11.8 Å². The summed E-state index contributed by atoms with van der Waals surface area (Å²) in [4.78, 5) is 8.89. The Morgan fingerprint density at radius 2 is 2.16 bits per heavy atom. The van der Waals surface area contributed by atoms with Gasteiger partial charge in [0.05, 0.1) is 4.92 Å². The first kappa shape index (κ1) is 15.2. The molecule has 0 bridgehead atoms. The summed E-state index contributed by atoms with van der Waals surface area (Å²) in [5.74, 6) is 3.29. The molecule has 0 amide bonds. The number of halogens is 2. The Morgan fingerprint density at radius 1 is 1.53 bits per heavy atom. The molecule has 0 heterocycles. The standard InChI is InChI=1S/C10H7ClFNO5S/c1-2-3-4-18-9-5-7(12)10(19(11,16)17)6-8(9)13(14)15/h5-6H,4H2,1H3. The second-order valence-electron chi connectivity index (χ2n) is 3.16. The van der Waals surface area contributed by atoms with E-state index in [1.807, 2.05) is 0 Å². The number of hydrogen-bond acceptors (Lipinski definition) is 5. The van der Waals surface area contributed by atoms with Crippen LogP contribution in [0.2, 0.25) is 0 Å². The van der Waals surface area contributed by atoms with Crippen molar-refractivity contribution >= 4 is 25.4 Å². The number of rotatable bonds is 4. The molecule has 0 fully saturated rings. The van der Waals surface area contributed by atoms with Crippen molar-refractivity contribution in [3.05, 3.63) is 28.1 Å². The summed E-state index contributed by atoms with van der Waals surface area (Å²) in [6, 6.07) is 1.09. The Balaban J connectivity index is 3.36. The molecule has 0 saturated carbocycles. The van der Waals surface area contributed by atoms with Crippen molar-refractivity contribution in [3.63, 3.8) is 0 Å². The Labute approximate surface area is 112 Å². The zero-order valence-electron chi connectivity index (χ0n) is 9.51. The van der Waals surface area contributed by atoms with Crippen molar-refractivity contribution in [2.45, 2.75) is 11.8 Å². The maximum absolute atomic E-state index is 13.5. The van der Waals surface area contributed by atoms with Crippen LogP contribution in [-0.4, -0.2) is 19.9 Å². The van der Waals surface area contributed by atoms with E-state index in [0.717, 1.165) is 0 Å². The van der Waals surface area contributed by atoms with Crippen LogP contribution in [0.15, 0.2) is 17.0 Å². The first-order chi connectivity index (χ1) is 8.77. The fourth-order valence-electron chi connectivity index (χ4n) is 1.16. The second kappa shape index (κ2) is 5.86. The summed E-state index contributed by atoms with van der Waals surface area (Å²) in [6.45, 7) is 1.34. The van der Waals surface area contributed by atoms with Crippen LogP contribution >= 0.6 is 10.7 Å². The fraction of sp³-hybridized carbons (Fsp3) is 0.200. The zero-order chi connectivity index (χ0) is 14.6. The van der Waals surface area contributed by atoms with E-state index in [-0.39, 0.29) is 6.61 Å². The molecule has 0 spiro atoms. The summed E-state index contributed by atoms with van der Waals surface area (Å²) in [7, 11) is 0.544. The molecule has 0 unspecified atom stereocenters. The maximum atomic E-state index is 13.5. The molecule has 0 aromatic heterocycles. The van der Waals surface area contributed by atoms with Crippen LogP contribution in [0.1, 0.15) is 6.92 Å².